The first-order chi connectivity index (χ1) is 6.56. The van der Waals surface area contributed by atoms with Gasteiger partial charge in [0.15, 0.2) is 0 Å². The van der Waals surface area contributed by atoms with Crippen molar-refractivity contribution in [2.45, 2.75) is 12.8 Å². The first-order valence-electron chi connectivity index (χ1n) is 5.05. The van der Waals surface area contributed by atoms with Crippen molar-refractivity contribution >= 4 is 5.71 Å². The van der Waals surface area contributed by atoms with Crippen molar-refractivity contribution in [2.75, 3.05) is 21.1 Å². The van der Waals surface area contributed by atoms with Gasteiger partial charge < -0.3 is 0 Å². The zero-order valence-corrected chi connectivity index (χ0v) is 9.12. The Hall–Kier alpha value is -1.15. The van der Waals surface area contributed by atoms with Crippen LogP contribution in [-0.4, -0.2) is 31.4 Å². The highest BCUT2D eigenvalue weighted by atomic mass is 15.6. The number of hydrogen-bond acceptors (Lipinski definition) is 1. The van der Waals surface area contributed by atoms with Gasteiger partial charge in [-0.15, -0.1) is 0 Å². The van der Waals surface area contributed by atoms with Crippen LogP contribution in [-0.2, 0) is 6.42 Å². The van der Waals surface area contributed by atoms with Crippen LogP contribution in [0.3, 0.4) is 0 Å². The number of quaternary nitrogens is 1. The molecule has 0 heterocycles. The predicted octanol–water partition coefficient (Wildman–Crippen LogP) is 2.04. The van der Waals surface area contributed by atoms with E-state index in [-0.39, 0.29) is 0 Å². The smallest absolute Gasteiger partial charge is 0.104 e. The average Bonchev–Trinajstić information content (AvgIpc) is 2.47. The number of aryl methyl sites for hydroxylation is 1. The van der Waals surface area contributed by atoms with Gasteiger partial charge in [0.1, 0.15) is 5.71 Å². The van der Waals surface area contributed by atoms with E-state index < -0.39 is 0 Å². The summed E-state index contributed by atoms with van der Waals surface area (Å²) in [6.45, 7) is 0. The predicted molar refractivity (Wildman–Crippen MR) is 59.3 cm³/mol. The molecule has 2 heteroatoms. The number of nitrogens with zero attached hydrogens (tertiary/aromatic N) is 2. The Morgan fingerprint density at radius 2 is 1.79 bits per heavy atom. The molecule has 0 fully saturated rings. The van der Waals surface area contributed by atoms with Crippen LogP contribution in [0.2, 0.25) is 0 Å². The summed E-state index contributed by atoms with van der Waals surface area (Å²) < 4.78 is 0.656. The van der Waals surface area contributed by atoms with E-state index in [0.29, 0.717) is 4.59 Å². The van der Waals surface area contributed by atoms with Gasteiger partial charge in [0.2, 0.25) is 0 Å². The van der Waals surface area contributed by atoms with E-state index in [4.69, 9.17) is 5.10 Å². The van der Waals surface area contributed by atoms with Crippen LogP contribution in [0.15, 0.2) is 29.4 Å². The molecule has 0 saturated carbocycles. The Bertz CT molecular complexity index is 372. The molecule has 0 aliphatic heterocycles. The highest BCUT2D eigenvalue weighted by Crippen LogP contribution is 2.22. The fraction of sp³-hybridized carbons (Fsp3) is 0.417. The van der Waals surface area contributed by atoms with Crippen LogP contribution in [0, 0.1) is 0 Å². The van der Waals surface area contributed by atoms with Gasteiger partial charge in [-0.2, -0.15) is 0 Å². The van der Waals surface area contributed by atoms with E-state index >= 15 is 0 Å². The lowest BCUT2D eigenvalue weighted by molar-refractivity contribution is -0.877. The van der Waals surface area contributed by atoms with Crippen LogP contribution in [0.1, 0.15) is 17.5 Å². The number of benzene rings is 1. The zero-order chi connectivity index (χ0) is 10.2. The average molecular weight is 189 g/mol. The Morgan fingerprint density at radius 1 is 1.07 bits per heavy atom. The second-order valence-electron chi connectivity index (χ2n) is 4.65. The molecule has 0 spiro atoms. The van der Waals surface area contributed by atoms with Crippen LogP contribution in [0.25, 0.3) is 0 Å². The summed E-state index contributed by atoms with van der Waals surface area (Å²) in [5.41, 5.74) is 4.05. The first-order valence-corrected chi connectivity index (χ1v) is 5.05. The standard InChI is InChI=1S/C12H17N2/c1-14(2,3)13-12-9-8-10-6-4-5-7-11(10)12/h4-7H,8-9H2,1-3H3/q+1/b13-12-. The van der Waals surface area contributed by atoms with Crippen molar-refractivity contribution in [1.82, 2.24) is 0 Å². The van der Waals surface area contributed by atoms with E-state index in [0.717, 1.165) is 12.8 Å². The van der Waals surface area contributed by atoms with E-state index in [9.17, 15) is 0 Å². The molecule has 1 aliphatic carbocycles. The molecule has 2 nitrogen and oxygen atoms in total. The topological polar surface area (TPSA) is 12.4 Å². The van der Waals surface area contributed by atoms with Crippen LogP contribution in [0.5, 0.6) is 0 Å². The summed E-state index contributed by atoms with van der Waals surface area (Å²) in [5.74, 6) is 0. The highest BCUT2D eigenvalue weighted by Gasteiger charge is 2.20. The molecule has 1 aliphatic rings. The maximum absolute atomic E-state index is 4.70. The second-order valence-corrected chi connectivity index (χ2v) is 4.65. The number of rotatable bonds is 1. The van der Waals surface area contributed by atoms with Crippen LogP contribution < -0.4 is 0 Å². The van der Waals surface area contributed by atoms with Crippen molar-refractivity contribution in [3.05, 3.63) is 35.4 Å². The van der Waals surface area contributed by atoms with Gasteiger partial charge in [0, 0.05) is 5.56 Å². The van der Waals surface area contributed by atoms with Gasteiger partial charge in [-0.25, -0.2) is 4.59 Å². The van der Waals surface area contributed by atoms with Crippen LogP contribution in [0.4, 0.5) is 0 Å². The van der Waals surface area contributed by atoms with E-state index in [1.54, 1.807) is 0 Å². The molecule has 14 heavy (non-hydrogen) atoms. The zero-order valence-electron chi connectivity index (χ0n) is 9.12. The van der Waals surface area contributed by atoms with Crippen LogP contribution >= 0.6 is 0 Å². The lowest BCUT2D eigenvalue weighted by Crippen LogP contribution is -2.29. The van der Waals surface area contributed by atoms with Gasteiger partial charge in [0.05, 0.1) is 21.1 Å². The quantitative estimate of drug-likeness (QED) is 0.473. The third-order valence-electron chi connectivity index (χ3n) is 2.38. The molecule has 0 saturated heterocycles. The summed E-state index contributed by atoms with van der Waals surface area (Å²) in [5, 5.41) is 4.70. The minimum atomic E-state index is 0.656. The Morgan fingerprint density at radius 3 is 2.50 bits per heavy atom. The molecule has 0 unspecified atom stereocenters. The largest absolute Gasteiger partial charge is 0.205 e. The molecule has 1 aromatic carbocycles. The minimum absolute atomic E-state index is 0.656. The Balaban J connectivity index is 2.40. The molecule has 0 amide bonds. The second kappa shape index (κ2) is 3.21. The molecule has 74 valence electrons. The normalized spacial score (nSPS) is 18.6. The molecule has 0 radical (unpaired) electrons. The Labute approximate surface area is 85.5 Å². The van der Waals surface area contributed by atoms with E-state index in [1.807, 2.05) is 0 Å². The lowest BCUT2D eigenvalue weighted by Gasteiger charge is -2.16. The molecule has 0 aromatic heterocycles. The fourth-order valence-electron chi connectivity index (χ4n) is 1.87. The lowest BCUT2D eigenvalue weighted by atomic mass is 10.1. The molecular formula is C12H17N2+. The maximum Gasteiger partial charge on any atom is 0.104 e. The molecule has 0 atom stereocenters. The summed E-state index contributed by atoms with van der Waals surface area (Å²) in [6.07, 6.45) is 2.24. The summed E-state index contributed by atoms with van der Waals surface area (Å²) in [4.78, 5) is 0. The van der Waals surface area contributed by atoms with E-state index in [2.05, 4.69) is 45.4 Å². The van der Waals surface area contributed by atoms with Gasteiger partial charge in [-0.1, -0.05) is 29.4 Å². The van der Waals surface area contributed by atoms with Gasteiger partial charge in [-0.05, 0) is 18.4 Å². The highest BCUT2D eigenvalue weighted by molar-refractivity contribution is 6.04. The summed E-state index contributed by atoms with van der Waals surface area (Å²) in [7, 11) is 6.27. The van der Waals surface area contributed by atoms with Crippen molar-refractivity contribution < 1.29 is 4.59 Å². The fourth-order valence-corrected chi connectivity index (χ4v) is 1.87. The molecule has 1 aromatic rings. The third-order valence-corrected chi connectivity index (χ3v) is 2.38. The molecule has 0 bridgehead atoms. The third kappa shape index (κ3) is 1.85. The van der Waals surface area contributed by atoms with Gasteiger partial charge in [0.25, 0.3) is 0 Å². The maximum atomic E-state index is 4.70. The summed E-state index contributed by atoms with van der Waals surface area (Å²) >= 11 is 0. The summed E-state index contributed by atoms with van der Waals surface area (Å²) in [6, 6.07) is 8.58. The van der Waals surface area contributed by atoms with Crippen molar-refractivity contribution in [2.24, 2.45) is 5.10 Å². The van der Waals surface area contributed by atoms with Crippen molar-refractivity contribution in [3.8, 4) is 0 Å². The minimum Gasteiger partial charge on any atom is -0.205 e. The first kappa shape index (κ1) is 9.41. The van der Waals surface area contributed by atoms with Crippen molar-refractivity contribution in [1.29, 1.82) is 0 Å². The number of hydrogen-bond donors (Lipinski definition) is 0. The van der Waals surface area contributed by atoms with E-state index in [1.165, 1.54) is 16.8 Å². The van der Waals surface area contributed by atoms with Crippen molar-refractivity contribution in [3.63, 3.8) is 0 Å². The molecular weight excluding hydrogens is 172 g/mol. The molecule has 2 rings (SSSR count). The SMILES string of the molecule is C[N+](C)(C)/N=C1/CCc2ccccc21. The monoisotopic (exact) mass is 189 g/mol. The Kier molecular flexibility index (Phi) is 2.16. The van der Waals surface area contributed by atoms with Gasteiger partial charge >= 0.3 is 0 Å². The molecule has 0 N–H and O–H groups in total. The van der Waals surface area contributed by atoms with Gasteiger partial charge in [-0.3, -0.25) is 0 Å². The number of fused-ring (bicyclic) bond motifs is 1.